The van der Waals surface area contributed by atoms with Crippen molar-refractivity contribution in [3.8, 4) is 22.8 Å². The number of nitrogens with zero attached hydrogens (tertiary/aromatic N) is 4. The number of carbonyl (C=O) groups is 1. The van der Waals surface area contributed by atoms with E-state index in [4.69, 9.17) is 9.47 Å². The van der Waals surface area contributed by atoms with E-state index in [2.05, 4.69) is 20.6 Å². The van der Waals surface area contributed by atoms with Gasteiger partial charge in [-0.1, -0.05) is 18.3 Å². The molecule has 10 heteroatoms. The molecule has 0 bridgehead atoms. The number of hydrogen-bond acceptors (Lipinski definition) is 8. The third-order valence-corrected chi connectivity index (χ3v) is 4.84. The van der Waals surface area contributed by atoms with Crippen molar-refractivity contribution >= 4 is 22.4 Å². The van der Waals surface area contributed by atoms with Crippen molar-refractivity contribution in [2.75, 3.05) is 19.5 Å². The third-order valence-electron chi connectivity index (χ3n) is 3.85. The van der Waals surface area contributed by atoms with Crippen LogP contribution < -0.4 is 20.3 Å². The van der Waals surface area contributed by atoms with Gasteiger partial charge >= 0.3 is 0 Å². The fraction of sp³-hybridized carbons (Fsp3) is 0.278. The summed E-state index contributed by atoms with van der Waals surface area (Å²) in [4.78, 5) is 24.4. The summed E-state index contributed by atoms with van der Waals surface area (Å²) in [6, 6.07) is 8.26. The van der Waals surface area contributed by atoms with Gasteiger partial charge in [0.1, 0.15) is 11.6 Å². The molecule has 2 heterocycles. The van der Waals surface area contributed by atoms with Gasteiger partial charge in [0.2, 0.25) is 11.0 Å². The van der Waals surface area contributed by atoms with E-state index in [1.54, 1.807) is 31.4 Å². The summed E-state index contributed by atoms with van der Waals surface area (Å²) < 4.78 is 11.6. The van der Waals surface area contributed by atoms with E-state index >= 15 is 0 Å². The Labute approximate surface area is 165 Å². The lowest BCUT2D eigenvalue weighted by molar-refractivity contribution is -0.117. The van der Waals surface area contributed by atoms with Crippen LogP contribution in [0.1, 0.15) is 11.9 Å². The summed E-state index contributed by atoms with van der Waals surface area (Å²) >= 11 is 1.30. The van der Waals surface area contributed by atoms with Gasteiger partial charge in [0.25, 0.3) is 5.56 Å². The molecular formula is C18H19N5O4S. The zero-order chi connectivity index (χ0) is 20.1. The Kier molecular flexibility index (Phi) is 5.99. The van der Waals surface area contributed by atoms with Crippen LogP contribution in [0.2, 0.25) is 0 Å². The van der Waals surface area contributed by atoms with Gasteiger partial charge in [-0.05, 0) is 30.7 Å². The number of rotatable bonds is 7. The van der Waals surface area contributed by atoms with E-state index in [-0.39, 0.29) is 12.1 Å². The predicted molar refractivity (Wildman–Crippen MR) is 105 cm³/mol. The van der Waals surface area contributed by atoms with E-state index < -0.39 is 5.91 Å². The lowest BCUT2D eigenvalue weighted by atomic mass is 10.1. The number of nitrogens with one attached hydrogen (secondary N) is 1. The molecule has 146 valence electrons. The first-order valence-electron chi connectivity index (χ1n) is 8.46. The highest BCUT2D eigenvalue weighted by Gasteiger charge is 2.12. The Balaban J connectivity index is 1.81. The van der Waals surface area contributed by atoms with E-state index in [1.807, 2.05) is 6.92 Å². The number of hydrogen-bond donors (Lipinski definition) is 1. The Morgan fingerprint density at radius 2 is 1.93 bits per heavy atom. The summed E-state index contributed by atoms with van der Waals surface area (Å²) in [5.41, 5.74) is 0.868. The number of anilines is 1. The maximum Gasteiger partial charge on any atom is 0.267 e. The normalized spacial score (nSPS) is 10.5. The number of aromatic nitrogens is 4. The van der Waals surface area contributed by atoms with Crippen molar-refractivity contribution in [3.05, 3.63) is 45.7 Å². The molecule has 3 rings (SSSR count). The van der Waals surface area contributed by atoms with Gasteiger partial charge in [-0.25, -0.2) is 4.68 Å². The first kappa shape index (κ1) is 19.5. The molecule has 0 aliphatic rings. The van der Waals surface area contributed by atoms with Crippen LogP contribution >= 0.6 is 11.3 Å². The zero-order valence-corrected chi connectivity index (χ0v) is 16.4. The van der Waals surface area contributed by atoms with Gasteiger partial charge in [-0.15, -0.1) is 10.2 Å². The molecule has 0 saturated carbocycles. The molecule has 28 heavy (non-hydrogen) atoms. The second-order valence-electron chi connectivity index (χ2n) is 5.69. The standard InChI is InChI=1S/C18H19N5O4S/c1-4-16-20-21-18(28-16)19-15(24)10-23-17(25)8-6-12(22-23)11-5-7-13(26-2)14(9-11)27-3/h5-9H,4,10H2,1-3H3,(H,19,21,24). The Bertz CT molecular complexity index is 1050. The van der Waals surface area contributed by atoms with Crippen LogP contribution in [0.15, 0.2) is 35.1 Å². The number of benzene rings is 1. The van der Waals surface area contributed by atoms with Crippen molar-refractivity contribution in [2.45, 2.75) is 19.9 Å². The summed E-state index contributed by atoms with van der Waals surface area (Å²) in [7, 11) is 3.09. The molecule has 1 amide bonds. The van der Waals surface area contributed by atoms with Crippen LogP contribution in [-0.4, -0.2) is 40.1 Å². The van der Waals surface area contributed by atoms with Crippen molar-refractivity contribution in [1.82, 2.24) is 20.0 Å². The van der Waals surface area contributed by atoms with Gasteiger partial charge < -0.3 is 9.47 Å². The molecule has 0 aliphatic carbocycles. The average molecular weight is 401 g/mol. The number of carbonyl (C=O) groups excluding carboxylic acids is 1. The maximum atomic E-state index is 12.3. The zero-order valence-electron chi connectivity index (χ0n) is 15.6. The van der Waals surface area contributed by atoms with E-state index in [1.165, 1.54) is 24.5 Å². The number of methoxy groups -OCH3 is 2. The Morgan fingerprint density at radius 3 is 2.61 bits per heavy atom. The minimum Gasteiger partial charge on any atom is -0.493 e. The van der Waals surface area contributed by atoms with Crippen molar-refractivity contribution < 1.29 is 14.3 Å². The smallest absolute Gasteiger partial charge is 0.267 e. The fourth-order valence-corrected chi connectivity index (χ4v) is 3.15. The van der Waals surface area contributed by atoms with Crippen LogP contribution in [0.4, 0.5) is 5.13 Å². The minimum atomic E-state index is -0.405. The summed E-state index contributed by atoms with van der Waals surface area (Å²) in [5, 5.41) is 16.0. The molecule has 0 aliphatic heterocycles. The summed E-state index contributed by atoms with van der Waals surface area (Å²) in [5.74, 6) is 0.723. The van der Waals surface area contributed by atoms with Gasteiger partial charge in [0, 0.05) is 11.6 Å². The van der Waals surface area contributed by atoms with E-state index in [0.29, 0.717) is 22.3 Å². The quantitative estimate of drug-likeness (QED) is 0.645. The molecule has 2 aromatic heterocycles. The maximum absolute atomic E-state index is 12.3. The molecule has 0 fully saturated rings. The van der Waals surface area contributed by atoms with Crippen LogP contribution in [0.3, 0.4) is 0 Å². The average Bonchev–Trinajstić information content (AvgIpc) is 3.16. The van der Waals surface area contributed by atoms with Crippen LogP contribution in [-0.2, 0) is 17.8 Å². The van der Waals surface area contributed by atoms with Crippen molar-refractivity contribution in [1.29, 1.82) is 0 Å². The molecule has 0 radical (unpaired) electrons. The fourth-order valence-electron chi connectivity index (χ4n) is 2.45. The summed E-state index contributed by atoms with van der Waals surface area (Å²) in [6.45, 7) is 1.72. The van der Waals surface area contributed by atoms with Gasteiger partial charge in [-0.3, -0.25) is 14.9 Å². The van der Waals surface area contributed by atoms with Gasteiger partial charge in [0.15, 0.2) is 11.5 Å². The number of ether oxygens (including phenoxy) is 2. The highest BCUT2D eigenvalue weighted by atomic mass is 32.1. The van der Waals surface area contributed by atoms with Gasteiger partial charge in [0.05, 0.1) is 19.9 Å². The predicted octanol–water partition coefficient (Wildman–Crippen LogP) is 1.98. The first-order valence-corrected chi connectivity index (χ1v) is 9.28. The molecule has 1 aromatic carbocycles. The molecule has 0 saturated heterocycles. The molecule has 0 unspecified atom stereocenters. The highest BCUT2D eigenvalue weighted by molar-refractivity contribution is 7.15. The highest BCUT2D eigenvalue weighted by Crippen LogP contribution is 2.31. The van der Waals surface area contributed by atoms with E-state index in [0.717, 1.165) is 21.7 Å². The summed E-state index contributed by atoms with van der Waals surface area (Å²) in [6.07, 6.45) is 0.738. The van der Waals surface area contributed by atoms with Crippen LogP contribution in [0.5, 0.6) is 11.5 Å². The second kappa shape index (κ2) is 8.61. The molecule has 0 atom stereocenters. The van der Waals surface area contributed by atoms with Crippen LogP contribution in [0.25, 0.3) is 11.3 Å². The topological polar surface area (TPSA) is 108 Å². The monoisotopic (exact) mass is 401 g/mol. The first-order chi connectivity index (χ1) is 13.5. The third kappa shape index (κ3) is 4.34. The van der Waals surface area contributed by atoms with Crippen molar-refractivity contribution in [3.63, 3.8) is 0 Å². The van der Waals surface area contributed by atoms with Crippen molar-refractivity contribution in [2.24, 2.45) is 0 Å². The van der Waals surface area contributed by atoms with Gasteiger partial charge in [-0.2, -0.15) is 5.10 Å². The number of amides is 1. The SMILES string of the molecule is CCc1nnc(NC(=O)Cn2nc(-c3ccc(OC)c(OC)c3)ccc2=O)s1. The number of aryl methyl sites for hydroxylation is 1. The lowest BCUT2D eigenvalue weighted by Crippen LogP contribution is -2.29. The molecule has 0 spiro atoms. The second-order valence-corrected chi connectivity index (χ2v) is 6.75. The minimum absolute atomic E-state index is 0.235. The Hall–Kier alpha value is -3.27. The molecule has 3 aromatic rings. The molecular weight excluding hydrogens is 382 g/mol. The van der Waals surface area contributed by atoms with Crippen LogP contribution in [0, 0.1) is 0 Å². The lowest BCUT2D eigenvalue weighted by Gasteiger charge is -2.10. The Morgan fingerprint density at radius 1 is 1.14 bits per heavy atom. The largest absolute Gasteiger partial charge is 0.493 e. The van der Waals surface area contributed by atoms with E-state index in [9.17, 15) is 9.59 Å². The molecule has 1 N–H and O–H groups in total. The molecule has 9 nitrogen and oxygen atoms in total.